The summed E-state index contributed by atoms with van der Waals surface area (Å²) in [5.41, 5.74) is 0. The lowest BCUT2D eigenvalue weighted by Gasteiger charge is -2.28. The summed E-state index contributed by atoms with van der Waals surface area (Å²) in [6.07, 6.45) is 2.01. The van der Waals surface area contributed by atoms with Gasteiger partial charge in [0.25, 0.3) is 5.91 Å². The first-order valence-corrected chi connectivity index (χ1v) is 9.72. The molecule has 1 unspecified atom stereocenters. The minimum absolute atomic E-state index is 0.0483. The van der Waals surface area contributed by atoms with Gasteiger partial charge in [-0.15, -0.1) is 0 Å². The van der Waals surface area contributed by atoms with Gasteiger partial charge in [0.1, 0.15) is 5.82 Å². The van der Waals surface area contributed by atoms with Crippen molar-refractivity contribution < 1.29 is 26.7 Å². The average Bonchev–Trinajstić information content (AvgIpc) is 2.86. The lowest BCUT2D eigenvalue weighted by molar-refractivity contribution is -0.135. The average molecular weight is 361 g/mol. The van der Waals surface area contributed by atoms with E-state index in [1.165, 1.54) is 4.90 Å². The van der Waals surface area contributed by atoms with Crippen molar-refractivity contribution >= 4 is 15.7 Å². The molecule has 2 rings (SSSR count). The van der Waals surface area contributed by atoms with Gasteiger partial charge in [-0.05, 0) is 25.0 Å². The van der Waals surface area contributed by atoms with Gasteiger partial charge in [-0.3, -0.25) is 4.79 Å². The van der Waals surface area contributed by atoms with Crippen LogP contribution in [0.15, 0.2) is 18.2 Å². The van der Waals surface area contributed by atoms with Crippen LogP contribution in [0.3, 0.4) is 0 Å². The van der Waals surface area contributed by atoms with Gasteiger partial charge in [0, 0.05) is 18.7 Å². The maximum atomic E-state index is 13.5. The summed E-state index contributed by atoms with van der Waals surface area (Å²) >= 11 is 0. The Balaban J connectivity index is 2.02. The zero-order chi connectivity index (χ0) is 17.7. The largest absolute Gasteiger partial charge is 0.481 e. The van der Waals surface area contributed by atoms with Crippen LogP contribution in [-0.4, -0.2) is 49.9 Å². The minimum atomic E-state index is -3.11. The van der Waals surface area contributed by atoms with E-state index in [0.29, 0.717) is 19.0 Å². The maximum absolute atomic E-state index is 13.5. The second-order valence-corrected chi connectivity index (χ2v) is 8.09. The molecule has 1 aliphatic heterocycles. The fourth-order valence-electron chi connectivity index (χ4n) is 2.68. The molecule has 0 saturated carbocycles. The van der Waals surface area contributed by atoms with Crippen LogP contribution in [-0.2, 0) is 14.6 Å². The molecule has 1 heterocycles. The summed E-state index contributed by atoms with van der Waals surface area (Å²) in [4.78, 5) is 13.9. The van der Waals surface area contributed by atoms with E-state index in [9.17, 15) is 22.0 Å². The first-order chi connectivity index (χ1) is 11.3. The summed E-state index contributed by atoms with van der Waals surface area (Å²) in [6, 6.07) is 2.48. The fourth-order valence-corrected chi connectivity index (χ4v) is 4.41. The third-order valence-corrected chi connectivity index (χ3v) is 5.72. The molecule has 0 aliphatic carbocycles. The second-order valence-electron chi connectivity index (χ2n) is 5.86. The zero-order valence-electron chi connectivity index (χ0n) is 13.5. The van der Waals surface area contributed by atoms with Gasteiger partial charge in [-0.1, -0.05) is 13.3 Å². The molecule has 0 spiro atoms. The van der Waals surface area contributed by atoms with E-state index in [1.807, 2.05) is 6.92 Å². The van der Waals surface area contributed by atoms with E-state index in [4.69, 9.17) is 4.74 Å². The summed E-state index contributed by atoms with van der Waals surface area (Å²) in [7, 11) is -3.11. The summed E-state index contributed by atoms with van der Waals surface area (Å²) < 4.78 is 54.8. The predicted molar refractivity (Wildman–Crippen MR) is 85.5 cm³/mol. The van der Waals surface area contributed by atoms with E-state index in [-0.39, 0.29) is 23.3 Å². The van der Waals surface area contributed by atoms with Crippen LogP contribution < -0.4 is 4.74 Å². The van der Waals surface area contributed by atoms with Gasteiger partial charge in [0.15, 0.2) is 28.0 Å². The zero-order valence-corrected chi connectivity index (χ0v) is 14.3. The van der Waals surface area contributed by atoms with Crippen molar-refractivity contribution in [3.63, 3.8) is 0 Å². The molecule has 0 bridgehead atoms. The third kappa shape index (κ3) is 4.90. The Morgan fingerprint density at radius 1 is 1.38 bits per heavy atom. The topological polar surface area (TPSA) is 63.7 Å². The Kier molecular flexibility index (Phi) is 6.15. The molecule has 8 heteroatoms. The molecule has 1 aromatic carbocycles. The summed E-state index contributed by atoms with van der Waals surface area (Å²) in [5, 5.41) is 0. The van der Waals surface area contributed by atoms with Gasteiger partial charge in [-0.2, -0.15) is 0 Å². The highest BCUT2D eigenvalue weighted by atomic mass is 32.2. The van der Waals surface area contributed by atoms with E-state index in [2.05, 4.69) is 0 Å². The number of sulfone groups is 1. The van der Waals surface area contributed by atoms with Crippen LogP contribution in [0.2, 0.25) is 0 Å². The van der Waals surface area contributed by atoms with E-state index < -0.39 is 34.0 Å². The van der Waals surface area contributed by atoms with Crippen LogP contribution in [0.25, 0.3) is 0 Å². The van der Waals surface area contributed by atoms with Crippen LogP contribution in [0.1, 0.15) is 26.2 Å². The molecule has 5 nitrogen and oxygen atoms in total. The standard InChI is InChI=1S/C16H21F2NO4S/c1-2-3-7-19(13-6-8-24(21,22)11-13)16(20)10-23-15-5-4-12(17)9-14(15)18/h4-5,9,13H,2-3,6-8,10-11H2,1H3. The number of rotatable bonds is 7. The monoisotopic (exact) mass is 361 g/mol. The number of hydrogen-bond acceptors (Lipinski definition) is 4. The minimum Gasteiger partial charge on any atom is -0.481 e. The fraction of sp³-hybridized carbons (Fsp3) is 0.562. The number of benzene rings is 1. The van der Waals surface area contributed by atoms with Gasteiger partial charge in [-0.25, -0.2) is 17.2 Å². The number of amides is 1. The molecular weight excluding hydrogens is 340 g/mol. The van der Waals surface area contributed by atoms with E-state index in [1.54, 1.807) is 0 Å². The Bertz CT molecular complexity index is 693. The quantitative estimate of drug-likeness (QED) is 0.747. The predicted octanol–water partition coefficient (Wildman–Crippen LogP) is 2.16. The number of unbranched alkanes of at least 4 members (excludes halogenated alkanes) is 1. The SMILES string of the molecule is CCCCN(C(=O)COc1ccc(F)cc1F)C1CCS(=O)(=O)C1. The van der Waals surface area contributed by atoms with E-state index in [0.717, 1.165) is 25.0 Å². The van der Waals surface area contributed by atoms with Gasteiger partial charge in [0.05, 0.1) is 11.5 Å². The molecule has 1 aromatic rings. The molecule has 24 heavy (non-hydrogen) atoms. The Morgan fingerprint density at radius 2 is 2.12 bits per heavy atom. The normalized spacial score (nSPS) is 19.2. The van der Waals surface area contributed by atoms with Gasteiger partial charge in [0.2, 0.25) is 0 Å². The smallest absolute Gasteiger partial charge is 0.260 e. The summed E-state index contributed by atoms with van der Waals surface area (Å²) in [6.45, 7) is 1.99. The Labute approximate surface area is 140 Å². The Hall–Kier alpha value is -1.70. The molecule has 0 N–H and O–H groups in total. The molecule has 1 fully saturated rings. The van der Waals surface area contributed by atoms with Crippen molar-refractivity contribution in [2.75, 3.05) is 24.7 Å². The molecule has 0 radical (unpaired) electrons. The molecule has 1 amide bonds. The number of nitrogens with zero attached hydrogens (tertiary/aromatic N) is 1. The summed E-state index contributed by atoms with van der Waals surface area (Å²) in [5.74, 6) is -2.19. The number of carbonyl (C=O) groups excluding carboxylic acids is 1. The van der Waals surface area contributed by atoms with Crippen LogP contribution in [0.5, 0.6) is 5.75 Å². The molecular formula is C16H21F2NO4S. The first-order valence-electron chi connectivity index (χ1n) is 7.90. The van der Waals surface area contributed by atoms with Crippen LogP contribution in [0.4, 0.5) is 8.78 Å². The van der Waals surface area contributed by atoms with Crippen molar-refractivity contribution in [2.24, 2.45) is 0 Å². The maximum Gasteiger partial charge on any atom is 0.260 e. The van der Waals surface area contributed by atoms with Crippen molar-refractivity contribution in [3.8, 4) is 5.75 Å². The third-order valence-electron chi connectivity index (χ3n) is 3.97. The van der Waals surface area contributed by atoms with Gasteiger partial charge >= 0.3 is 0 Å². The molecule has 1 saturated heterocycles. The highest BCUT2D eigenvalue weighted by Gasteiger charge is 2.34. The Morgan fingerprint density at radius 3 is 2.71 bits per heavy atom. The highest BCUT2D eigenvalue weighted by Crippen LogP contribution is 2.20. The van der Waals surface area contributed by atoms with Crippen molar-refractivity contribution in [2.45, 2.75) is 32.2 Å². The lowest BCUT2D eigenvalue weighted by atomic mass is 10.2. The van der Waals surface area contributed by atoms with E-state index >= 15 is 0 Å². The second kappa shape index (κ2) is 7.92. The van der Waals surface area contributed by atoms with Crippen molar-refractivity contribution in [3.05, 3.63) is 29.8 Å². The molecule has 1 atom stereocenters. The first kappa shape index (κ1) is 18.6. The molecule has 1 aliphatic rings. The van der Waals surface area contributed by atoms with Crippen LogP contribution >= 0.6 is 0 Å². The number of hydrogen-bond donors (Lipinski definition) is 0. The number of halogens is 2. The molecule has 134 valence electrons. The lowest BCUT2D eigenvalue weighted by Crippen LogP contribution is -2.44. The van der Waals surface area contributed by atoms with Crippen molar-refractivity contribution in [1.82, 2.24) is 4.90 Å². The number of ether oxygens (including phenoxy) is 1. The highest BCUT2D eigenvalue weighted by molar-refractivity contribution is 7.91. The van der Waals surface area contributed by atoms with Crippen molar-refractivity contribution in [1.29, 1.82) is 0 Å². The number of carbonyl (C=O) groups is 1. The van der Waals surface area contributed by atoms with Crippen LogP contribution in [0, 0.1) is 11.6 Å². The molecule has 0 aromatic heterocycles. The van der Waals surface area contributed by atoms with Gasteiger partial charge < -0.3 is 9.64 Å².